The minimum atomic E-state index is -0.113. The van der Waals surface area contributed by atoms with E-state index < -0.39 is 0 Å². The molecule has 5 heteroatoms. The molecular formula is C20H29N3O2. The van der Waals surface area contributed by atoms with Crippen LogP contribution >= 0.6 is 0 Å². The van der Waals surface area contributed by atoms with E-state index in [0.29, 0.717) is 24.3 Å². The van der Waals surface area contributed by atoms with Gasteiger partial charge in [-0.15, -0.1) is 0 Å². The number of hydrogen-bond acceptors (Lipinski definition) is 3. The highest BCUT2D eigenvalue weighted by Crippen LogP contribution is 2.35. The Bertz CT molecular complexity index is 617. The third-order valence-electron chi connectivity index (χ3n) is 5.49. The molecule has 1 heterocycles. The number of nitrogens with one attached hydrogen (secondary N) is 2. The van der Waals surface area contributed by atoms with Crippen molar-refractivity contribution in [2.45, 2.75) is 39.0 Å². The molecule has 2 atom stereocenters. The van der Waals surface area contributed by atoms with E-state index in [9.17, 15) is 9.59 Å². The Morgan fingerprint density at radius 1 is 1.16 bits per heavy atom. The van der Waals surface area contributed by atoms with Gasteiger partial charge in [-0.3, -0.25) is 14.5 Å². The summed E-state index contributed by atoms with van der Waals surface area (Å²) in [5.74, 6) is 1.54. The molecular weight excluding hydrogens is 314 g/mol. The Morgan fingerprint density at radius 3 is 2.76 bits per heavy atom. The molecule has 2 aliphatic rings. The average Bonchev–Trinajstić information content (AvgIpc) is 2.62. The molecule has 3 rings (SSSR count). The van der Waals surface area contributed by atoms with Crippen LogP contribution < -0.4 is 10.6 Å². The number of amides is 2. The summed E-state index contributed by atoms with van der Waals surface area (Å²) in [6.45, 7) is 4.99. The molecule has 1 aromatic rings. The second-order valence-corrected chi connectivity index (χ2v) is 7.32. The maximum atomic E-state index is 12.4. The number of hydrogen-bond donors (Lipinski definition) is 2. The first kappa shape index (κ1) is 17.9. The molecule has 2 unspecified atom stereocenters. The largest absolute Gasteiger partial charge is 0.352 e. The molecule has 136 valence electrons. The number of rotatable bonds is 5. The molecule has 2 amide bonds. The zero-order valence-electron chi connectivity index (χ0n) is 15.1. The Balaban J connectivity index is 1.52. The first-order valence-corrected chi connectivity index (χ1v) is 9.56. The Morgan fingerprint density at radius 2 is 1.96 bits per heavy atom. The number of carbonyl (C=O) groups excluding carboxylic acids is 2. The van der Waals surface area contributed by atoms with E-state index >= 15 is 0 Å². The molecule has 0 radical (unpaired) electrons. The van der Waals surface area contributed by atoms with Gasteiger partial charge in [-0.05, 0) is 56.3 Å². The van der Waals surface area contributed by atoms with Crippen LogP contribution in [-0.4, -0.2) is 42.9 Å². The summed E-state index contributed by atoms with van der Waals surface area (Å²) in [5.41, 5.74) is 1.25. The van der Waals surface area contributed by atoms with E-state index in [4.69, 9.17) is 0 Å². The standard InChI is InChI=1S/C20H29N3O2/c1-2-21-20(25)16-8-5-9-18(12-16)22-19(24)14-23-11-10-15-6-3-4-7-17(15)13-23/h5,8-9,12,15,17H,2-4,6-7,10-11,13-14H2,1H3,(H,21,25)(H,22,24). The van der Waals surface area contributed by atoms with Gasteiger partial charge in [0.2, 0.25) is 5.91 Å². The normalized spacial score (nSPS) is 23.6. The molecule has 5 nitrogen and oxygen atoms in total. The summed E-state index contributed by atoms with van der Waals surface area (Å²) in [6, 6.07) is 7.12. The predicted molar refractivity (Wildman–Crippen MR) is 99.6 cm³/mol. The van der Waals surface area contributed by atoms with Crippen LogP contribution in [0.3, 0.4) is 0 Å². The Labute approximate surface area is 150 Å². The molecule has 1 aliphatic carbocycles. The smallest absolute Gasteiger partial charge is 0.251 e. The maximum absolute atomic E-state index is 12.4. The zero-order valence-corrected chi connectivity index (χ0v) is 15.1. The zero-order chi connectivity index (χ0) is 17.6. The van der Waals surface area contributed by atoms with Gasteiger partial charge in [-0.2, -0.15) is 0 Å². The third kappa shape index (κ3) is 4.82. The number of benzene rings is 1. The van der Waals surface area contributed by atoms with Gasteiger partial charge >= 0.3 is 0 Å². The first-order valence-electron chi connectivity index (χ1n) is 9.56. The Hall–Kier alpha value is -1.88. The topological polar surface area (TPSA) is 61.4 Å². The van der Waals surface area contributed by atoms with Crippen molar-refractivity contribution >= 4 is 17.5 Å². The number of fused-ring (bicyclic) bond motifs is 1. The molecule has 0 spiro atoms. The monoisotopic (exact) mass is 343 g/mol. The van der Waals surface area contributed by atoms with Crippen molar-refractivity contribution in [3.63, 3.8) is 0 Å². The lowest BCUT2D eigenvalue weighted by molar-refractivity contribution is -0.118. The second kappa shape index (κ2) is 8.48. The van der Waals surface area contributed by atoms with Gasteiger partial charge in [-0.1, -0.05) is 25.3 Å². The van der Waals surface area contributed by atoms with Crippen LogP contribution in [0, 0.1) is 11.8 Å². The van der Waals surface area contributed by atoms with E-state index in [2.05, 4.69) is 15.5 Å². The van der Waals surface area contributed by atoms with Gasteiger partial charge in [0.25, 0.3) is 5.91 Å². The van der Waals surface area contributed by atoms with Crippen LogP contribution in [0.4, 0.5) is 5.69 Å². The molecule has 2 N–H and O–H groups in total. The number of piperidine rings is 1. The molecule has 1 saturated heterocycles. The van der Waals surface area contributed by atoms with E-state index in [0.717, 1.165) is 24.9 Å². The van der Waals surface area contributed by atoms with E-state index in [-0.39, 0.29) is 11.8 Å². The fourth-order valence-electron chi connectivity index (χ4n) is 4.22. The van der Waals surface area contributed by atoms with Crippen LogP contribution in [0.2, 0.25) is 0 Å². The highest BCUT2D eigenvalue weighted by atomic mass is 16.2. The minimum Gasteiger partial charge on any atom is -0.352 e. The number of carbonyl (C=O) groups is 2. The fraction of sp³-hybridized carbons (Fsp3) is 0.600. The Kier molecular flexibility index (Phi) is 6.08. The summed E-state index contributed by atoms with van der Waals surface area (Å²) >= 11 is 0. The second-order valence-electron chi connectivity index (χ2n) is 7.32. The molecule has 25 heavy (non-hydrogen) atoms. The van der Waals surface area contributed by atoms with Crippen molar-refractivity contribution in [3.05, 3.63) is 29.8 Å². The molecule has 1 aliphatic heterocycles. The highest BCUT2D eigenvalue weighted by molar-refractivity contribution is 5.97. The summed E-state index contributed by atoms with van der Waals surface area (Å²) in [5, 5.41) is 5.71. The van der Waals surface area contributed by atoms with E-state index in [1.807, 2.05) is 13.0 Å². The first-order chi connectivity index (χ1) is 12.2. The summed E-state index contributed by atoms with van der Waals surface area (Å²) in [7, 11) is 0. The lowest BCUT2D eigenvalue weighted by Crippen LogP contribution is -2.44. The van der Waals surface area contributed by atoms with Crippen molar-refractivity contribution < 1.29 is 9.59 Å². The van der Waals surface area contributed by atoms with Crippen LogP contribution in [0.25, 0.3) is 0 Å². The molecule has 0 bridgehead atoms. The SMILES string of the molecule is CCNC(=O)c1cccc(NC(=O)CN2CCC3CCCCC3C2)c1. The van der Waals surface area contributed by atoms with Crippen molar-refractivity contribution in [2.24, 2.45) is 11.8 Å². The van der Waals surface area contributed by atoms with Crippen molar-refractivity contribution in [3.8, 4) is 0 Å². The number of nitrogens with zero attached hydrogens (tertiary/aromatic N) is 1. The number of anilines is 1. The maximum Gasteiger partial charge on any atom is 0.251 e. The fourth-order valence-corrected chi connectivity index (χ4v) is 4.22. The summed E-state index contributed by atoms with van der Waals surface area (Å²) in [4.78, 5) is 26.6. The lowest BCUT2D eigenvalue weighted by Gasteiger charge is -2.41. The predicted octanol–water partition coefficient (Wildman–Crippen LogP) is 2.89. The minimum absolute atomic E-state index is 0.00214. The van der Waals surface area contributed by atoms with Gasteiger partial charge in [0, 0.05) is 24.3 Å². The average molecular weight is 343 g/mol. The molecule has 0 aromatic heterocycles. The van der Waals surface area contributed by atoms with Gasteiger partial charge in [0.15, 0.2) is 0 Å². The van der Waals surface area contributed by atoms with Crippen LogP contribution in [0.5, 0.6) is 0 Å². The third-order valence-corrected chi connectivity index (χ3v) is 5.49. The molecule has 1 saturated carbocycles. The van der Waals surface area contributed by atoms with Crippen molar-refractivity contribution in [1.82, 2.24) is 10.2 Å². The van der Waals surface area contributed by atoms with Gasteiger partial charge < -0.3 is 10.6 Å². The van der Waals surface area contributed by atoms with Gasteiger partial charge in [0.05, 0.1) is 6.54 Å². The number of likely N-dealkylation sites (tertiary alicyclic amines) is 1. The highest BCUT2D eigenvalue weighted by Gasteiger charge is 2.31. The van der Waals surface area contributed by atoms with Crippen LogP contribution in [0.1, 0.15) is 49.4 Å². The molecule has 2 fully saturated rings. The summed E-state index contributed by atoms with van der Waals surface area (Å²) < 4.78 is 0. The van der Waals surface area contributed by atoms with Crippen molar-refractivity contribution in [1.29, 1.82) is 0 Å². The lowest BCUT2D eigenvalue weighted by atomic mass is 9.75. The van der Waals surface area contributed by atoms with Crippen molar-refractivity contribution in [2.75, 3.05) is 31.5 Å². The van der Waals surface area contributed by atoms with E-state index in [1.54, 1.807) is 18.2 Å². The van der Waals surface area contributed by atoms with Gasteiger partial charge in [-0.25, -0.2) is 0 Å². The quantitative estimate of drug-likeness (QED) is 0.864. The van der Waals surface area contributed by atoms with Gasteiger partial charge in [0.1, 0.15) is 0 Å². The molecule has 1 aromatic carbocycles. The van der Waals surface area contributed by atoms with Crippen LogP contribution in [0.15, 0.2) is 24.3 Å². The van der Waals surface area contributed by atoms with Crippen LogP contribution in [-0.2, 0) is 4.79 Å². The summed E-state index contributed by atoms with van der Waals surface area (Å²) in [6.07, 6.45) is 6.64. The van der Waals surface area contributed by atoms with E-state index in [1.165, 1.54) is 32.1 Å².